The largest absolute Gasteiger partial charge is 0.395 e. The van der Waals surface area contributed by atoms with E-state index < -0.39 is 22.0 Å². The lowest BCUT2D eigenvalue weighted by Gasteiger charge is -2.14. The van der Waals surface area contributed by atoms with Crippen molar-refractivity contribution in [2.75, 3.05) is 6.61 Å². The quantitative estimate of drug-likeness (QED) is 0.668. The van der Waals surface area contributed by atoms with E-state index in [1.165, 1.54) is 24.3 Å². The second-order valence-corrected chi connectivity index (χ2v) is 5.51. The third-order valence-corrected chi connectivity index (χ3v) is 4.02. The van der Waals surface area contributed by atoms with E-state index in [0.717, 1.165) is 0 Å². The van der Waals surface area contributed by atoms with Crippen molar-refractivity contribution in [3.8, 4) is 0 Å². The maximum Gasteiger partial charge on any atom is 0.248 e. The van der Waals surface area contributed by atoms with Crippen LogP contribution in [0.5, 0.6) is 0 Å². The number of hydrogen-bond acceptors (Lipinski definition) is 4. The third kappa shape index (κ3) is 3.52. The van der Waals surface area contributed by atoms with Gasteiger partial charge >= 0.3 is 0 Å². The zero-order chi connectivity index (χ0) is 13.8. The Balaban J connectivity index is 2.95. The third-order valence-electron chi connectivity index (χ3n) is 2.48. The number of aliphatic hydroxyl groups is 1. The van der Waals surface area contributed by atoms with Gasteiger partial charge in [-0.3, -0.25) is 4.79 Å². The van der Waals surface area contributed by atoms with Gasteiger partial charge in [0.2, 0.25) is 15.9 Å². The van der Waals surface area contributed by atoms with E-state index in [0.29, 0.717) is 6.42 Å². The smallest absolute Gasteiger partial charge is 0.248 e. The minimum atomic E-state index is -3.69. The number of rotatable bonds is 6. The average molecular weight is 272 g/mol. The van der Waals surface area contributed by atoms with Crippen molar-refractivity contribution in [2.45, 2.75) is 24.3 Å². The van der Waals surface area contributed by atoms with Gasteiger partial charge < -0.3 is 10.8 Å². The SMILES string of the molecule is CCC(CO)NS(=O)(=O)c1ccc(C(N)=O)cc1. The van der Waals surface area contributed by atoms with E-state index in [2.05, 4.69) is 4.72 Å². The highest BCUT2D eigenvalue weighted by atomic mass is 32.2. The molecule has 1 amide bonds. The van der Waals surface area contributed by atoms with E-state index in [4.69, 9.17) is 10.8 Å². The van der Waals surface area contributed by atoms with Crippen LogP contribution in [0.25, 0.3) is 0 Å². The summed E-state index contributed by atoms with van der Waals surface area (Å²) in [6.07, 6.45) is 0.481. The van der Waals surface area contributed by atoms with Gasteiger partial charge in [0.15, 0.2) is 0 Å². The first-order valence-electron chi connectivity index (χ1n) is 5.43. The predicted molar refractivity (Wildman–Crippen MR) is 66.4 cm³/mol. The molecular formula is C11H16N2O4S. The first-order chi connectivity index (χ1) is 8.40. The summed E-state index contributed by atoms with van der Waals surface area (Å²) in [7, 11) is -3.69. The molecule has 1 aromatic rings. The van der Waals surface area contributed by atoms with Crippen LogP contribution < -0.4 is 10.5 Å². The van der Waals surface area contributed by atoms with E-state index in [1.54, 1.807) is 6.92 Å². The van der Waals surface area contributed by atoms with Crippen LogP contribution in [0, 0.1) is 0 Å². The Kier molecular flexibility index (Phi) is 4.83. The summed E-state index contributed by atoms with van der Waals surface area (Å²) in [4.78, 5) is 10.9. The molecule has 0 radical (unpaired) electrons. The summed E-state index contributed by atoms with van der Waals surface area (Å²) >= 11 is 0. The second kappa shape index (κ2) is 5.94. The van der Waals surface area contributed by atoms with Gasteiger partial charge in [-0.15, -0.1) is 0 Å². The Bertz CT molecular complexity index is 506. The molecule has 0 aromatic heterocycles. The van der Waals surface area contributed by atoms with Crippen molar-refractivity contribution in [1.82, 2.24) is 4.72 Å². The van der Waals surface area contributed by atoms with Crippen molar-refractivity contribution in [3.05, 3.63) is 29.8 Å². The van der Waals surface area contributed by atoms with Crippen molar-refractivity contribution < 1.29 is 18.3 Å². The van der Waals surface area contributed by atoms with E-state index >= 15 is 0 Å². The minimum absolute atomic E-state index is 0.0272. The number of hydrogen-bond donors (Lipinski definition) is 3. The number of primary amides is 1. The maximum atomic E-state index is 11.9. The van der Waals surface area contributed by atoms with Gasteiger partial charge in [0.25, 0.3) is 0 Å². The fourth-order valence-corrected chi connectivity index (χ4v) is 2.65. The standard InChI is InChI=1S/C11H16N2O4S/c1-2-9(7-14)13-18(16,17)10-5-3-8(4-6-10)11(12)15/h3-6,9,13-14H,2,7H2,1H3,(H2,12,15). The molecule has 1 atom stereocenters. The number of benzene rings is 1. The first-order valence-corrected chi connectivity index (χ1v) is 6.92. The van der Waals surface area contributed by atoms with Gasteiger partial charge in [0, 0.05) is 11.6 Å². The molecule has 7 heteroatoms. The fraction of sp³-hybridized carbons (Fsp3) is 0.364. The number of amides is 1. The van der Waals surface area contributed by atoms with Gasteiger partial charge in [-0.1, -0.05) is 6.92 Å². The van der Waals surface area contributed by atoms with Gasteiger partial charge in [-0.25, -0.2) is 13.1 Å². The van der Waals surface area contributed by atoms with Crippen LogP contribution in [0.2, 0.25) is 0 Å². The number of aliphatic hydroxyl groups excluding tert-OH is 1. The summed E-state index contributed by atoms with van der Waals surface area (Å²) in [5.41, 5.74) is 5.30. The van der Waals surface area contributed by atoms with Gasteiger partial charge in [-0.2, -0.15) is 0 Å². The fourth-order valence-electron chi connectivity index (χ4n) is 1.34. The van der Waals surface area contributed by atoms with Crippen molar-refractivity contribution in [2.24, 2.45) is 5.73 Å². The summed E-state index contributed by atoms with van der Waals surface area (Å²) in [6.45, 7) is 1.49. The minimum Gasteiger partial charge on any atom is -0.395 e. The number of carbonyl (C=O) groups is 1. The number of nitrogens with one attached hydrogen (secondary N) is 1. The van der Waals surface area contributed by atoms with Crippen LogP contribution in [0.15, 0.2) is 29.2 Å². The van der Waals surface area contributed by atoms with E-state index in [1.807, 2.05) is 0 Å². The van der Waals surface area contributed by atoms with Crippen LogP contribution in [-0.2, 0) is 10.0 Å². The molecule has 4 N–H and O–H groups in total. The molecule has 1 rings (SSSR count). The Morgan fingerprint density at radius 3 is 2.33 bits per heavy atom. The number of sulfonamides is 1. The monoisotopic (exact) mass is 272 g/mol. The summed E-state index contributed by atoms with van der Waals surface area (Å²) in [5.74, 6) is -0.617. The van der Waals surface area contributed by atoms with Gasteiger partial charge in [-0.05, 0) is 30.7 Å². The molecule has 0 saturated heterocycles. The molecule has 0 heterocycles. The topological polar surface area (TPSA) is 109 Å². The molecule has 0 spiro atoms. The van der Waals surface area contributed by atoms with Crippen LogP contribution >= 0.6 is 0 Å². The zero-order valence-electron chi connectivity index (χ0n) is 9.96. The number of nitrogens with two attached hydrogens (primary N) is 1. The molecular weight excluding hydrogens is 256 g/mol. The lowest BCUT2D eigenvalue weighted by Crippen LogP contribution is -2.36. The molecule has 1 unspecified atom stereocenters. The van der Waals surface area contributed by atoms with Crippen LogP contribution in [-0.4, -0.2) is 32.1 Å². The van der Waals surface area contributed by atoms with E-state index in [9.17, 15) is 13.2 Å². The van der Waals surface area contributed by atoms with Crippen LogP contribution in [0.1, 0.15) is 23.7 Å². The maximum absolute atomic E-state index is 11.9. The first kappa shape index (κ1) is 14.6. The molecule has 6 nitrogen and oxygen atoms in total. The van der Waals surface area contributed by atoms with Gasteiger partial charge in [0.05, 0.1) is 11.5 Å². The Morgan fingerprint density at radius 1 is 1.39 bits per heavy atom. The molecule has 18 heavy (non-hydrogen) atoms. The zero-order valence-corrected chi connectivity index (χ0v) is 10.8. The molecule has 0 fully saturated rings. The normalized spacial score (nSPS) is 13.2. The molecule has 0 saturated carbocycles. The van der Waals surface area contributed by atoms with E-state index in [-0.39, 0.29) is 17.1 Å². The van der Waals surface area contributed by atoms with Crippen molar-refractivity contribution in [3.63, 3.8) is 0 Å². The molecule has 100 valence electrons. The average Bonchev–Trinajstić information content (AvgIpc) is 2.36. The highest BCUT2D eigenvalue weighted by Gasteiger charge is 2.18. The van der Waals surface area contributed by atoms with Crippen molar-refractivity contribution >= 4 is 15.9 Å². The second-order valence-electron chi connectivity index (χ2n) is 3.80. The number of carbonyl (C=O) groups excluding carboxylic acids is 1. The van der Waals surface area contributed by atoms with Crippen LogP contribution in [0.3, 0.4) is 0 Å². The van der Waals surface area contributed by atoms with Crippen LogP contribution in [0.4, 0.5) is 0 Å². The van der Waals surface area contributed by atoms with Crippen molar-refractivity contribution in [1.29, 1.82) is 0 Å². The molecule has 0 aliphatic carbocycles. The Labute approximate surface area is 106 Å². The lowest BCUT2D eigenvalue weighted by molar-refractivity contribution is 0.1000. The summed E-state index contributed by atoms with van der Waals surface area (Å²) in [5, 5.41) is 8.97. The summed E-state index contributed by atoms with van der Waals surface area (Å²) < 4.78 is 26.2. The Hall–Kier alpha value is -1.44. The molecule has 0 aliphatic heterocycles. The lowest BCUT2D eigenvalue weighted by atomic mass is 10.2. The molecule has 0 aliphatic rings. The highest BCUT2D eigenvalue weighted by Crippen LogP contribution is 2.11. The summed E-state index contributed by atoms with van der Waals surface area (Å²) in [6, 6.07) is 4.76. The molecule has 1 aromatic carbocycles. The predicted octanol–water partition coefficient (Wildman–Crippen LogP) is -0.165. The highest BCUT2D eigenvalue weighted by molar-refractivity contribution is 7.89. The van der Waals surface area contributed by atoms with Gasteiger partial charge in [0.1, 0.15) is 0 Å². The molecule has 0 bridgehead atoms. The Morgan fingerprint density at radius 2 is 1.94 bits per heavy atom.